The molecule has 0 bridgehead atoms. The second-order valence-corrected chi connectivity index (χ2v) is 5.66. The number of anilines is 1. The smallest absolute Gasteiger partial charge is 0.246 e. The van der Waals surface area contributed by atoms with E-state index in [9.17, 15) is 4.79 Å². The molecule has 110 valence electrons. The lowest BCUT2D eigenvalue weighted by Crippen LogP contribution is -2.28. The maximum absolute atomic E-state index is 11.7. The van der Waals surface area contributed by atoms with Gasteiger partial charge in [0.15, 0.2) is 5.16 Å². The Morgan fingerprint density at radius 3 is 2.70 bits per heavy atom. The fourth-order valence-corrected chi connectivity index (χ4v) is 2.65. The van der Waals surface area contributed by atoms with Crippen LogP contribution in [-0.4, -0.2) is 45.9 Å². The second-order valence-electron chi connectivity index (χ2n) is 3.84. The van der Waals surface area contributed by atoms with Crippen LogP contribution in [0.25, 0.3) is 0 Å². The van der Waals surface area contributed by atoms with Crippen LogP contribution in [-0.2, 0) is 4.79 Å². The third-order valence-electron chi connectivity index (χ3n) is 2.56. The molecular formula is C13H20N4OS2. The summed E-state index contributed by atoms with van der Waals surface area (Å²) in [5.41, 5.74) is 5.71. The molecule has 20 heavy (non-hydrogen) atoms. The fourth-order valence-electron chi connectivity index (χ4n) is 1.50. The first-order chi connectivity index (χ1) is 9.60. The number of carbonyl (C=O) groups is 1. The molecule has 7 heteroatoms. The summed E-state index contributed by atoms with van der Waals surface area (Å²) in [6, 6.07) is 1.74. The Kier molecular flexibility index (Phi) is 7.46. The number of likely N-dealkylation sites (N-methyl/N-ethyl adjacent to an activating group) is 1. The maximum Gasteiger partial charge on any atom is 0.246 e. The van der Waals surface area contributed by atoms with Crippen LogP contribution >= 0.6 is 23.5 Å². The van der Waals surface area contributed by atoms with Gasteiger partial charge in [-0.15, -0.1) is 11.8 Å². The van der Waals surface area contributed by atoms with Crippen LogP contribution in [0.5, 0.6) is 0 Å². The molecule has 0 spiro atoms. The molecule has 2 N–H and O–H groups in total. The van der Waals surface area contributed by atoms with Gasteiger partial charge in [0.2, 0.25) is 5.91 Å². The van der Waals surface area contributed by atoms with Gasteiger partial charge in [0.1, 0.15) is 10.8 Å². The van der Waals surface area contributed by atoms with Gasteiger partial charge in [-0.3, -0.25) is 4.79 Å². The largest absolute Gasteiger partial charge is 0.384 e. The van der Waals surface area contributed by atoms with Crippen molar-refractivity contribution in [2.24, 2.45) is 0 Å². The van der Waals surface area contributed by atoms with Crippen molar-refractivity contribution >= 4 is 35.2 Å². The Morgan fingerprint density at radius 1 is 1.40 bits per heavy atom. The van der Waals surface area contributed by atoms with E-state index in [1.807, 2.05) is 26.2 Å². The van der Waals surface area contributed by atoms with Crippen LogP contribution in [0, 0.1) is 0 Å². The molecule has 0 aromatic carbocycles. The average Bonchev–Trinajstić information content (AvgIpc) is 2.44. The quantitative estimate of drug-likeness (QED) is 0.360. The first-order valence-corrected chi connectivity index (χ1v) is 8.58. The molecule has 0 aliphatic carbocycles. The van der Waals surface area contributed by atoms with Crippen LogP contribution in [0.15, 0.2) is 28.4 Å². The summed E-state index contributed by atoms with van der Waals surface area (Å²) in [6.45, 7) is 5.38. The van der Waals surface area contributed by atoms with Crippen LogP contribution in [0.4, 0.5) is 5.82 Å². The van der Waals surface area contributed by atoms with E-state index in [0.29, 0.717) is 16.7 Å². The predicted molar refractivity (Wildman–Crippen MR) is 86.0 cm³/mol. The normalized spacial score (nSPS) is 10.9. The summed E-state index contributed by atoms with van der Waals surface area (Å²) >= 11 is 2.99. The highest BCUT2D eigenvalue weighted by atomic mass is 32.2. The van der Waals surface area contributed by atoms with Crippen molar-refractivity contribution in [2.75, 3.05) is 30.8 Å². The molecule has 0 saturated heterocycles. The van der Waals surface area contributed by atoms with Crippen molar-refractivity contribution < 1.29 is 4.79 Å². The Morgan fingerprint density at radius 2 is 2.10 bits per heavy atom. The number of nitrogens with two attached hydrogens (primary N) is 1. The van der Waals surface area contributed by atoms with Crippen LogP contribution in [0.2, 0.25) is 0 Å². The highest BCUT2D eigenvalue weighted by Gasteiger charge is 2.05. The van der Waals surface area contributed by atoms with Crippen molar-refractivity contribution in [3.8, 4) is 0 Å². The molecule has 1 aromatic rings. The molecular weight excluding hydrogens is 292 g/mol. The van der Waals surface area contributed by atoms with Gasteiger partial charge >= 0.3 is 0 Å². The van der Waals surface area contributed by atoms with E-state index in [2.05, 4.69) is 9.97 Å². The SMILES string of the molecule is CCN(CC)C(=O)C=CCSc1nc(N)cc(SC)n1. The number of nitrogens with zero attached hydrogens (tertiary/aromatic N) is 3. The van der Waals surface area contributed by atoms with E-state index in [4.69, 9.17) is 5.73 Å². The molecule has 1 heterocycles. The number of hydrogen-bond acceptors (Lipinski definition) is 6. The van der Waals surface area contributed by atoms with E-state index in [0.717, 1.165) is 18.1 Å². The third kappa shape index (κ3) is 5.42. The minimum atomic E-state index is 0.0360. The van der Waals surface area contributed by atoms with E-state index >= 15 is 0 Å². The molecule has 0 radical (unpaired) electrons. The average molecular weight is 312 g/mol. The zero-order valence-electron chi connectivity index (χ0n) is 12.0. The Bertz CT molecular complexity index is 475. The van der Waals surface area contributed by atoms with E-state index in [1.165, 1.54) is 23.5 Å². The van der Waals surface area contributed by atoms with Gasteiger partial charge in [-0.25, -0.2) is 9.97 Å². The molecule has 1 aromatic heterocycles. The number of thioether (sulfide) groups is 2. The number of hydrogen-bond donors (Lipinski definition) is 1. The molecule has 0 aliphatic rings. The standard InChI is InChI=1S/C13H20N4OS2/c1-4-17(5-2)12(18)7-6-8-20-13-15-10(14)9-11(16-13)19-3/h6-7,9H,4-5,8H2,1-3H3,(H2,14,15,16). The number of aromatic nitrogens is 2. The van der Waals surface area contributed by atoms with Crippen molar-refractivity contribution in [3.05, 3.63) is 18.2 Å². The predicted octanol–water partition coefficient (Wildman–Crippen LogP) is 2.30. The van der Waals surface area contributed by atoms with Gasteiger partial charge in [0.25, 0.3) is 0 Å². The highest BCUT2D eigenvalue weighted by molar-refractivity contribution is 7.99. The lowest BCUT2D eigenvalue weighted by atomic mass is 10.4. The zero-order valence-corrected chi connectivity index (χ0v) is 13.6. The Balaban J connectivity index is 2.52. The number of carbonyl (C=O) groups excluding carboxylic acids is 1. The molecule has 1 rings (SSSR count). The minimum absolute atomic E-state index is 0.0360. The minimum Gasteiger partial charge on any atom is -0.384 e. The van der Waals surface area contributed by atoms with Gasteiger partial charge in [-0.05, 0) is 26.2 Å². The first-order valence-electron chi connectivity index (χ1n) is 6.37. The lowest BCUT2D eigenvalue weighted by Gasteiger charge is -2.15. The molecule has 0 atom stereocenters. The van der Waals surface area contributed by atoms with Gasteiger partial charge in [-0.1, -0.05) is 17.8 Å². The molecule has 0 saturated carbocycles. The summed E-state index contributed by atoms with van der Waals surface area (Å²) in [7, 11) is 0. The summed E-state index contributed by atoms with van der Waals surface area (Å²) in [5.74, 6) is 1.15. The second kappa shape index (κ2) is 8.86. The highest BCUT2D eigenvalue weighted by Crippen LogP contribution is 2.20. The third-order valence-corrected chi connectivity index (χ3v) is 3.98. The summed E-state index contributed by atoms with van der Waals surface area (Å²) in [6.07, 6.45) is 5.37. The van der Waals surface area contributed by atoms with Crippen molar-refractivity contribution in [2.45, 2.75) is 24.0 Å². The number of amides is 1. The molecule has 0 unspecified atom stereocenters. The van der Waals surface area contributed by atoms with Crippen molar-refractivity contribution in [1.29, 1.82) is 0 Å². The van der Waals surface area contributed by atoms with E-state index in [-0.39, 0.29) is 5.91 Å². The van der Waals surface area contributed by atoms with Gasteiger partial charge in [-0.2, -0.15) is 0 Å². The lowest BCUT2D eigenvalue weighted by molar-refractivity contribution is -0.125. The molecule has 1 amide bonds. The number of nitrogen functional groups attached to an aromatic ring is 1. The van der Waals surface area contributed by atoms with Gasteiger partial charge in [0.05, 0.1) is 0 Å². The van der Waals surface area contributed by atoms with E-state index < -0.39 is 0 Å². The Labute approximate surface area is 128 Å². The van der Waals surface area contributed by atoms with Crippen LogP contribution in [0.1, 0.15) is 13.8 Å². The van der Waals surface area contributed by atoms with Crippen LogP contribution in [0.3, 0.4) is 0 Å². The maximum atomic E-state index is 11.7. The summed E-state index contributed by atoms with van der Waals surface area (Å²) in [4.78, 5) is 22.0. The zero-order chi connectivity index (χ0) is 15.0. The summed E-state index contributed by atoms with van der Waals surface area (Å²) < 4.78 is 0. The van der Waals surface area contributed by atoms with Crippen LogP contribution < -0.4 is 5.73 Å². The monoisotopic (exact) mass is 312 g/mol. The number of rotatable bonds is 7. The van der Waals surface area contributed by atoms with Gasteiger partial charge < -0.3 is 10.6 Å². The first kappa shape index (κ1) is 16.8. The molecule has 0 aliphatic heterocycles. The topological polar surface area (TPSA) is 72.1 Å². The fraction of sp³-hybridized carbons (Fsp3) is 0.462. The van der Waals surface area contributed by atoms with Gasteiger partial charge in [0, 0.05) is 24.9 Å². The molecule has 0 fully saturated rings. The Hall–Kier alpha value is -1.21. The molecule has 5 nitrogen and oxygen atoms in total. The van der Waals surface area contributed by atoms with E-state index in [1.54, 1.807) is 17.0 Å². The van der Waals surface area contributed by atoms with Crippen molar-refractivity contribution in [3.63, 3.8) is 0 Å². The summed E-state index contributed by atoms with van der Waals surface area (Å²) in [5, 5.41) is 1.48. The van der Waals surface area contributed by atoms with Crippen molar-refractivity contribution in [1.82, 2.24) is 14.9 Å².